The fraction of sp³-hybridized carbons (Fsp3) is 0.478. The molecule has 16 amide bonds. The number of allylic oxidation sites excluding steroid dienone is 2. The van der Waals surface area contributed by atoms with Crippen LogP contribution in [0.25, 0.3) is 21.8 Å². The SMILES string of the molecule is CC(=O)NC1CC/C=C\CCCC(C(=O)N[C@@H](Cc2ccc(O)cc2)C(=O)N[C@@H](Cc2c[nH]c3ccccc23)C(=O)N[C@@H](CCCNC(=N)N)C(=O)N[C@@H](CCCCN)C(=O)N[C@@H](Cc2ccccc2)C(=O)NCC(=O)NCCOCC(=O)N[C@H](CCCCN)C(N)=O)NC(=O)[C@H](CCC(N)=O)NC(=O)[C@H](Cc2c[nH]c3ccccc23)NC(=O)[C@H]([C@@H](C)O)NC(=O)[C@H](CCCNC(=N)N)NC1=O. The van der Waals surface area contributed by atoms with Crippen LogP contribution in [0.2, 0.25) is 0 Å². The summed E-state index contributed by atoms with van der Waals surface area (Å²) in [6, 6.07) is 9.68. The number of carbonyl (C=O) groups is 16. The van der Waals surface area contributed by atoms with Crippen molar-refractivity contribution in [2.45, 2.75) is 227 Å². The van der Waals surface area contributed by atoms with Gasteiger partial charge in [0.05, 0.1) is 19.3 Å². The lowest BCUT2D eigenvalue weighted by molar-refractivity contribution is -0.137. The Balaban J connectivity index is 1.21. The molecule has 0 saturated heterocycles. The fourth-order valence-electron chi connectivity index (χ4n) is 15.1. The maximum Gasteiger partial charge on any atom is 0.246 e. The molecule has 0 spiro atoms. The van der Waals surface area contributed by atoms with Crippen LogP contribution in [0.3, 0.4) is 0 Å². The molecule has 744 valence electrons. The number of amides is 16. The first-order valence-corrected chi connectivity index (χ1v) is 45.7. The van der Waals surface area contributed by atoms with Gasteiger partial charge in [0.25, 0.3) is 0 Å². The van der Waals surface area contributed by atoms with E-state index in [0.29, 0.717) is 69.9 Å². The number of phenols is 1. The van der Waals surface area contributed by atoms with E-state index in [1.807, 2.05) is 0 Å². The van der Waals surface area contributed by atoms with Gasteiger partial charge in [-0.05, 0) is 169 Å². The van der Waals surface area contributed by atoms with Crippen LogP contribution in [0.5, 0.6) is 5.75 Å². The molecule has 4 aromatic carbocycles. The van der Waals surface area contributed by atoms with Crippen molar-refractivity contribution in [2.24, 2.45) is 34.4 Å². The number of aromatic nitrogens is 2. The van der Waals surface area contributed by atoms with Gasteiger partial charge in [-0.1, -0.05) is 91.0 Å². The number of phenolic OH excluding ortho intramolecular Hbond substituents is 1. The number of nitrogens with one attached hydrogen (secondary N) is 20. The zero-order chi connectivity index (χ0) is 99.9. The number of hydrogen-bond donors (Lipinski definition) is 28. The minimum Gasteiger partial charge on any atom is -0.508 e. The molecule has 0 aliphatic carbocycles. The second kappa shape index (κ2) is 57.9. The largest absolute Gasteiger partial charge is 0.508 e. The van der Waals surface area contributed by atoms with Crippen molar-refractivity contribution < 1.29 is 91.7 Å². The van der Waals surface area contributed by atoms with Crippen molar-refractivity contribution in [3.63, 3.8) is 0 Å². The van der Waals surface area contributed by atoms with Crippen LogP contribution in [0.15, 0.2) is 128 Å². The number of fused-ring (bicyclic) bond motifs is 2. The molecule has 2 unspecified atom stereocenters. The van der Waals surface area contributed by atoms with Gasteiger partial charge in [-0.2, -0.15) is 0 Å². The van der Waals surface area contributed by atoms with Crippen molar-refractivity contribution in [2.75, 3.05) is 52.5 Å². The molecule has 0 saturated carbocycles. The van der Waals surface area contributed by atoms with E-state index >= 15 is 28.8 Å². The summed E-state index contributed by atoms with van der Waals surface area (Å²) >= 11 is 0. The average Bonchev–Trinajstić information content (AvgIpc) is 1.70. The van der Waals surface area contributed by atoms with Gasteiger partial charge in [0.15, 0.2) is 11.9 Å². The van der Waals surface area contributed by atoms with Crippen molar-refractivity contribution in [3.05, 3.63) is 150 Å². The molecule has 1 aliphatic heterocycles. The molecule has 6 aromatic rings. The zero-order valence-corrected chi connectivity index (χ0v) is 76.9. The number of ether oxygens (including phenoxy) is 1. The Morgan fingerprint density at radius 3 is 1.60 bits per heavy atom. The normalized spacial score (nSPS) is 18.1. The van der Waals surface area contributed by atoms with E-state index in [2.05, 4.69) is 95.0 Å². The average molecular weight is 1910 g/mol. The standard InChI is InChI=1S/C92H132N26O19/c1-53(119)78-90(136)117-74(48-58-50-105-63-26-14-12-24-61(58)63)89(135)113-70(37-38-75(95)122)85(131)110-66(29-10-5-3-4-9-28-65(107-54(2)120)81(127)111-69(86(132)118-78)32-20-42-103-92(99)100)84(130)115-72(46-56-33-35-59(121)36-34-56)87(133)116-73(47-57-49-104-62-25-13-11-23-60(57)62)88(134)112-68(31-19-41-102-91(97)98)82(128)109-67(30-16-18-40-94)83(129)114-71(45-55-21-7-6-8-22-55)80(126)106-51-76(123)101-43-44-137-52-77(124)108-64(79(96)125)27-15-17-39-93/h3-4,6-8,11-14,21-26,33-36,49-50,53,64-74,78,104-105,119,121H,5,9-10,15-20,27-32,37-48,51-52,93-94H2,1-2H3,(H2,95,122)(H2,96,125)(H,101,123)(H,106,126)(H,107,120)(H,108,124)(H,109,128)(H,110,131)(H,111,127)(H,112,134)(H,113,135)(H,114,129)(H,115,130)(H,116,133)(H,117,136)(H,118,132)(H4,97,98,102)(H4,99,100,103)/b4-3-/t53-,64-,65?,66?,67+,68+,69+,70+,71+,72+,73+,74+,78+/m1/s1. The highest BCUT2D eigenvalue weighted by molar-refractivity contribution is 6.01. The Morgan fingerprint density at radius 1 is 0.489 bits per heavy atom. The van der Waals surface area contributed by atoms with Crippen molar-refractivity contribution in [3.8, 4) is 5.75 Å². The number of aliphatic hydroxyl groups is 1. The lowest BCUT2D eigenvalue weighted by Gasteiger charge is -2.29. The first-order chi connectivity index (χ1) is 65.6. The fourth-order valence-corrected chi connectivity index (χ4v) is 15.1. The summed E-state index contributed by atoms with van der Waals surface area (Å²) in [5.74, 6) is -15.3. The molecule has 0 bridgehead atoms. The Kier molecular flexibility index (Phi) is 46.2. The number of guanidine groups is 2. The minimum absolute atomic E-state index is 0.0159. The number of unbranched alkanes of at least 4 members (excludes halogenated alkanes) is 2. The van der Waals surface area contributed by atoms with E-state index in [1.165, 1.54) is 38.1 Å². The summed E-state index contributed by atoms with van der Waals surface area (Å²) in [4.78, 5) is 235. The van der Waals surface area contributed by atoms with Gasteiger partial charge in [0.2, 0.25) is 94.5 Å². The first kappa shape index (κ1) is 109. The predicted molar refractivity (Wildman–Crippen MR) is 507 cm³/mol. The molecule has 0 radical (unpaired) electrons. The maximum absolute atomic E-state index is 15.7. The number of para-hydroxylation sites is 2. The minimum atomic E-state index is -1.86. The predicted octanol–water partition coefficient (Wildman–Crippen LogP) is -3.85. The van der Waals surface area contributed by atoms with Gasteiger partial charge in [-0.3, -0.25) is 87.5 Å². The van der Waals surface area contributed by atoms with Crippen LogP contribution < -0.4 is 119 Å². The zero-order valence-electron chi connectivity index (χ0n) is 76.9. The van der Waals surface area contributed by atoms with Gasteiger partial charge < -0.3 is 144 Å². The summed E-state index contributed by atoms with van der Waals surface area (Å²) in [6.07, 6.45) is 4.47. The Labute approximate surface area is 792 Å². The Morgan fingerprint density at radius 2 is 1.00 bits per heavy atom. The van der Waals surface area contributed by atoms with E-state index < -0.39 is 205 Å². The molecular weight excluding hydrogens is 1770 g/mol. The quantitative estimate of drug-likeness (QED) is 0.00752. The van der Waals surface area contributed by atoms with Crippen LogP contribution in [0.4, 0.5) is 0 Å². The highest BCUT2D eigenvalue weighted by Crippen LogP contribution is 2.24. The second-order valence-electron chi connectivity index (χ2n) is 33.4. The summed E-state index contributed by atoms with van der Waals surface area (Å²) in [5.41, 5.74) is 36.9. The van der Waals surface area contributed by atoms with E-state index in [4.69, 9.17) is 50.0 Å². The number of benzene rings is 4. The van der Waals surface area contributed by atoms with Crippen LogP contribution in [0.1, 0.15) is 145 Å². The number of primary amides is 2. The van der Waals surface area contributed by atoms with Crippen LogP contribution in [0, 0.1) is 10.8 Å². The summed E-state index contributed by atoms with van der Waals surface area (Å²) in [5, 5.41) is 81.0. The third-order valence-electron chi connectivity index (χ3n) is 22.4. The lowest BCUT2D eigenvalue weighted by Crippen LogP contribution is -2.62. The third kappa shape index (κ3) is 38.7. The molecule has 0 fully saturated rings. The Bertz CT molecular complexity index is 5110. The van der Waals surface area contributed by atoms with Crippen molar-refractivity contribution in [1.29, 1.82) is 10.8 Å². The van der Waals surface area contributed by atoms with Crippen LogP contribution in [-0.4, -0.2) is 258 Å². The maximum atomic E-state index is 15.7. The molecule has 45 nitrogen and oxygen atoms in total. The topological polar surface area (TPSA) is 751 Å². The highest BCUT2D eigenvalue weighted by Gasteiger charge is 2.39. The summed E-state index contributed by atoms with van der Waals surface area (Å²) in [6.45, 7) is 1.64. The summed E-state index contributed by atoms with van der Waals surface area (Å²) < 4.78 is 5.38. The van der Waals surface area contributed by atoms with Crippen LogP contribution in [-0.2, 0) is 107 Å². The second-order valence-corrected chi connectivity index (χ2v) is 33.4. The highest BCUT2D eigenvalue weighted by atomic mass is 16.5. The molecule has 137 heavy (non-hydrogen) atoms. The van der Waals surface area contributed by atoms with E-state index in [-0.39, 0.29) is 147 Å². The molecule has 45 heteroatoms. The monoisotopic (exact) mass is 1910 g/mol. The van der Waals surface area contributed by atoms with Gasteiger partial charge in [-0.15, -0.1) is 0 Å². The van der Waals surface area contributed by atoms with Crippen LogP contribution >= 0.6 is 0 Å². The third-order valence-corrected chi connectivity index (χ3v) is 22.4. The number of nitrogens with two attached hydrogens (primary N) is 6. The van der Waals surface area contributed by atoms with Gasteiger partial charge in [0, 0.05) is 92.9 Å². The molecule has 3 heterocycles. The van der Waals surface area contributed by atoms with Crippen molar-refractivity contribution in [1.82, 2.24) is 95.0 Å². The van der Waals surface area contributed by atoms with Gasteiger partial charge >= 0.3 is 0 Å². The molecule has 34 N–H and O–H groups in total. The smallest absolute Gasteiger partial charge is 0.246 e. The summed E-state index contributed by atoms with van der Waals surface area (Å²) in [7, 11) is 0. The number of aromatic amines is 2. The molecule has 2 aromatic heterocycles. The van der Waals surface area contributed by atoms with E-state index in [1.54, 1.807) is 103 Å². The lowest BCUT2D eigenvalue weighted by atomic mass is 10.00. The molecule has 1 aliphatic rings. The van der Waals surface area contributed by atoms with Crippen molar-refractivity contribution >= 4 is 128 Å². The number of H-pyrrole nitrogens is 2. The first-order valence-electron chi connectivity index (χ1n) is 45.7. The Hall–Kier alpha value is -14.6. The number of aliphatic hydroxyl groups excluding tert-OH is 1. The number of aromatic hydroxyl groups is 1. The number of carbonyl (C=O) groups excluding carboxylic acids is 16. The number of hydrogen-bond acceptors (Lipinski definition) is 23. The molecule has 7 rings (SSSR count). The van der Waals surface area contributed by atoms with E-state index in [9.17, 15) is 58.2 Å². The molecule has 13 atom stereocenters. The number of rotatable bonds is 49. The van der Waals surface area contributed by atoms with E-state index in [0.717, 1.165) is 0 Å². The molecular formula is C92H132N26O19. The van der Waals surface area contributed by atoms with Gasteiger partial charge in [0.1, 0.15) is 84.9 Å². The van der Waals surface area contributed by atoms with Gasteiger partial charge in [-0.25, -0.2) is 0 Å².